The fourth-order valence-electron chi connectivity index (χ4n) is 4.11. The first-order chi connectivity index (χ1) is 11.8. The normalized spacial score (nSPS) is 31.0. The van der Waals surface area contributed by atoms with Crippen molar-refractivity contribution in [3.8, 4) is 0 Å². The van der Waals surface area contributed by atoms with Crippen LogP contribution in [0.4, 0.5) is 0 Å². The van der Waals surface area contributed by atoms with Gasteiger partial charge in [0.05, 0.1) is 18.6 Å². The second kappa shape index (κ2) is 7.17. The summed E-state index contributed by atoms with van der Waals surface area (Å²) in [5.74, 6) is 0.0824. The monoisotopic (exact) mass is 331 g/mol. The second-order valence-corrected chi connectivity index (χ2v) is 6.97. The molecule has 130 valence electrons. The molecule has 4 rings (SSSR count). The van der Waals surface area contributed by atoms with E-state index in [1.165, 1.54) is 5.56 Å². The fraction of sp³-hybridized carbons (Fsp3) is 0.667. The number of fused-ring (bicyclic) bond motifs is 1. The second-order valence-electron chi connectivity index (χ2n) is 6.97. The number of carbonyl (C=O) groups is 1. The number of likely N-dealkylation sites (tertiary alicyclic amines) is 1. The van der Waals surface area contributed by atoms with E-state index in [2.05, 4.69) is 16.0 Å². The van der Waals surface area contributed by atoms with Gasteiger partial charge < -0.3 is 4.74 Å². The Kier molecular flexibility index (Phi) is 4.78. The third-order valence-corrected chi connectivity index (χ3v) is 5.32. The van der Waals surface area contributed by atoms with E-state index in [0.29, 0.717) is 19.2 Å². The van der Waals surface area contributed by atoms with E-state index in [9.17, 15) is 4.79 Å². The summed E-state index contributed by atoms with van der Waals surface area (Å²) in [6.07, 6.45) is 7.79. The highest BCUT2D eigenvalue weighted by molar-refractivity contribution is 5.78. The molecule has 3 fully saturated rings. The number of piperidine rings is 1. The molecule has 0 bridgehead atoms. The van der Waals surface area contributed by atoms with E-state index in [-0.39, 0.29) is 17.9 Å². The maximum absolute atomic E-state index is 12.8. The smallest absolute Gasteiger partial charge is 0.250 e. The number of hydroxylamine groups is 2. The van der Waals surface area contributed by atoms with Gasteiger partial charge >= 0.3 is 0 Å². The number of pyridine rings is 1. The average Bonchev–Trinajstić information content (AvgIpc) is 3.11. The van der Waals surface area contributed by atoms with Gasteiger partial charge in [-0.25, -0.2) is 5.06 Å². The summed E-state index contributed by atoms with van der Waals surface area (Å²) >= 11 is 0. The van der Waals surface area contributed by atoms with Crippen LogP contribution in [0.1, 0.15) is 31.2 Å². The molecule has 3 saturated heterocycles. The summed E-state index contributed by atoms with van der Waals surface area (Å²) < 4.78 is 5.92. The van der Waals surface area contributed by atoms with Crippen LogP contribution in [0.25, 0.3) is 0 Å². The van der Waals surface area contributed by atoms with Crippen LogP contribution >= 0.6 is 0 Å². The van der Waals surface area contributed by atoms with Crippen LogP contribution in [0.3, 0.4) is 0 Å². The molecule has 4 heterocycles. The van der Waals surface area contributed by atoms with Crippen LogP contribution in [0.2, 0.25) is 0 Å². The Morgan fingerprint density at radius 2 is 2.29 bits per heavy atom. The summed E-state index contributed by atoms with van der Waals surface area (Å²) in [5, 5.41) is 1.59. The van der Waals surface area contributed by atoms with Crippen LogP contribution in [0.5, 0.6) is 0 Å². The van der Waals surface area contributed by atoms with Gasteiger partial charge in [-0.3, -0.25) is 19.5 Å². The summed E-state index contributed by atoms with van der Waals surface area (Å²) in [5.41, 5.74) is 1.19. The van der Waals surface area contributed by atoms with Gasteiger partial charge in [-0.15, -0.1) is 0 Å². The predicted octanol–water partition coefficient (Wildman–Crippen LogP) is 1.61. The molecule has 1 aromatic rings. The number of carbonyl (C=O) groups excluding carboxylic acids is 1. The van der Waals surface area contributed by atoms with Gasteiger partial charge in [0.25, 0.3) is 5.91 Å². The minimum absolute atomic E-state index is 0.0425. The van der Waals surface area contributed by atoms with Crippen molar-refractivity contribution in [3.05, 3.63) is 30.1 Å². The van der Waals surface area contributed by atoms with Crippen LogP contribution in [-0.2, 0) is 20.9 Å². The van der Waals surface area contributed by atoms with Crippen molar-refractivity contribution in [2.75, 3.05) is 26.3 Å². The Hall–Kier alpha value is -1.50. The van der Waals surface area contributed by atoms with E-state index < -0.39 is 0 Å². The number of aromatic nitrogens is 1. The molecule has 0 saturated carbocycles. The molecule has 0 unspecified atom stereocenters. The number of hydrogen-bond acceptors (Lipinski definition) is 5. The summed E-state index contributed by atoms with van der Waals surface area (Å²) in [4.78, 5) is 25.0. The van der Waals surface area contributed by atoms with Gasteiger partial charge in [-0.1, -0.05) is 6.07 Å². The van der Waals surface area contributed by atoms with E-state index in [1.807, 2.05) is 12.3 Å². The molecule has 6 nitrogen and oxygen atoms in total. The fourth-order valence-corrected chi connectivity index (χ4v) is 4.11. The van der Waals surface area contributed by atoms with Gasteiger partial charge in [0.15, 0.2) is 0 Å². The third-order valence-electron chi connectivity index (χ3n) is 5.32. The Morgan fingerprint density at radius 1 is 1.33 bits per heavy atom. The van der Waals surface area contributed by atoms with Crippen molar-refractivity contribution in [3.63, 3.8) is 0 Å². The lowest BCUT2D eigenvalue weighted by molar-refractivity contribution is -0.204. The minimum Gasteiger partial charge on any atom is -0.377 e. The Balaban J connectivity index is 1.47. The van der Waals surface area contributed by atoms with Crippen LogP contribution in [0.15, 0.2) is 24.5 Å². The first kappa shape index (κ1) is 16.0. The van der Waals surface area contributed by atoms with Gasteiger partial charge in [0.2, 0.25) is 0 Å². The lowest BCUT2D eigenvalue weighted by atomic mass is 9.89. The Bertz CT molecular complexity index is 562. The van der Waals surface area contributed by atoms with Crippen LogP contribution < -0.4 is 0 Å². The zero-order valence-corrected chi connectivity index (χ0v) is 14.0. The zero-order valence-electron chi connectivity index (χ0n) is 14.0. The quantitative estimate of drug-likeness (QED) is 0.842. The maximum atomic E-state index is 12.8. The molecule has 24 heavy (non-hydrogen) atoms. The highest BCUT2D eigenvalue weighted by Crippen LogP contribution is 2.33. The van der Waals surface area contributed by atoms with Crippen molar-refractivity contribution < 1.29 is 14.4 Å². The SMILES string of the molecule is O=C([C@@H]1C[C@@H]2OCC[C@@H]2N(Cc2cccnc2)C1)N1CCCCO1. The van der Waals surface area contributed by atoms with Crippen molar-refractivity contribution in [2.45, 2.75) is 44.4 Å². The van der Waals surface area contributed by atoms with E-state index >= 15 is 0 Å². The summed E-state index contributed by atoms with van der Waals surface area (Å²) in [6.45, 7) is 3.76. The molecule has 0 spiro atoms. The van der Waals surface area contributed by atoms with Crippen molar-refractivity contribution >= 4 is 5.91 Å². The number of amides is 1. The standard InChI is InChI=1S/C18H25N3O3/c22-18(21-7-1-2-8-24-21)15-10-17-16(5-9-23-17)20(13-15)12-14-4-3-6-19-11-14/h3-4,6,11,15-17H,1-2,5,7-10,12-13H2/t15-,16+,17+/m1/s1. The van der Waals surface area contributed by atoms with Gasteiger partial charge in [-0.05, 0) is 37.3 Å². The molecule has 6 heteroatoms. The lowest BCUT2D eigenvalue weighted by Gasteiger charge is -2.41. The van der Waals surface area contributed by atoms with Crippen molar-refractivity contribution in [1.29, 1.82) is 0 Å². The van der Waals surface area contributed by atoms with Gasteiger partial charge in [0, 0.05) is 44.7 Å². The Labute approximate surface area is 142 Å². The summed E-state index contributed by atoms with van der Waals surface area (Å²) in [7, 11) is 0. The Morgan fingerprint density at radius 3 is 3.08 bits per heavy atom. The van der Waals surface area contributed by atoms with Crippen LogP contribution in [-0.4, -0.2) is 59.3 Å². The first-order valence-electron chi connectivity index (χ1n) is 9.00. The molecule has 0 N–H and O–H groups in total. The third kappa shape index (κ3) is 3.31. The predicted molar refractivity (Wildman–Crippen MR) is 87.8 cm³/mol. The highest BCUT2D eigenvalue weighted by atomic mass is 16.7. The number of rotatable bonds is 3. The largest absolute Gasteiger partial charge is 0.377 e. The molecule has 0 aliphatic carbocycles. The molecule has 3 aliphatic rings. The molecule has 1 aromatic heterocycles. The van der Waals surface area contributed by atoms with Gasteiger partial charge in [-0.2, -0.15) is 0 Å². The first-order valence-corrected chi connectivity index (χ1v) is 9.00. The molecule has 3 atom stereocenters. The van der Waals surface area contributed by atoms with Crippen molar-refractivity contribution in [1.82, 2.24) is 14.9 Å². The topological polar surface area (TPSA) is 54.9 Å². The van der Waals surface area contributed by atoms with Crippen molar-refractivity contribution in [2.24, 2.45) is 5.92 Å². The molecule has 0 aromatic carbocycles. The maximum Gasteiger partial charge on any atom is 0.250 e. The average molecular weight is 331 g/mol. The van der Waals surface area contributed by atoms with E-state index in [4.69, 9.17) is 9.57 Å². The minimum atomic E-state index is -0.0425. The van der Waals surface area contributed by atoms with Gasteiger partial charge in [0.1, 0.15) is 0 Å². The molecule has 1 amide bonds. The molecular formula is C18H25N3O3. The zero-order chi connectivity index (χ0) is 16.4. The molecule has 3 aliphatic heterocycles. The lowest BCUT2D eigenvalue weighted by Crippen LogP contribution is -2.53. The summed E-state index contributed by atoms with van der Waals surface area (Å²) in [6, 6.07) is 4.47. The highest BCUT2D eigenvalue weighted by Gasteiger charge is 2.43. The number of hydrogen-bond donors (Lipinski definition) is 0. The van der Waals surface area contributed by atoms with Crippen LogP contribution in [0, 0.1) is 5.92 Å². The van der Waals surface area contributed by atoms with E-state index in [0.717, 1.165) is 45.4 Å². The number of ether oxygens (including phenoxy) is 1. The molecular weight excluding hydrogens is 306 g/mol. The molecule has 0 radical (unpaired) electrons. The van der Waals surface area contributed by atoms with E-state index in [1.54, 1.807) is 11.3 Å². The number of nitrogens with zero attached hydrogens (tertiary/aromatic N) is 3.